The summed E-state index contributed by atoms with van der Waals surface area (Å²) in [5, 5.41) is 10.4. The Kier molecular flexibility index (Phi) is 5.43. The molecular formula is C28H28F2N8O. The number of fused-ring (bicyclic) bond motifs is 2. The lowest BCUT2D eigenvalue weighted by Gasteiger charge is -2.38. The molecule has 0 saturated carbocycles. The van der Waals surface area contributed by atoms with E-state index in [1.165, 1.54) is 4.90 Å². The number of H-pyrrole nitrogens is 1. The summed E-state index contributed by atoms with van der Waals surface area (Å²) in [6.45, 7) is 0.230. The zero-order valence-corrected chi connectivity index (χ0v) is 21.5. The van der Waals surface area contributed by atoms with E-state index >= 15 is 0 Å². The van der Waals surface area contributed by atoms with E-state index in [2.05, 4.69) is 32.5 Å². The molecule has 0 radical (unpaired) electrons. The van der Waals surface area contributed by atoms with Crippen molar-refractivity contribution in [2.75, 3.05) is 29.9 Å². The van der Waals surface area contributed by atoms with E-state index in [0.717, 1.165) is 70.8 Å². The van der Waals surface area contributed by atoms with Crippen molar-refractivity contribution < 1.29 is 13.6 Å². The van der Waals surface area contributed by atoms with Crippen LogP contribution in [0.25, 0.3) is 11.1 Å². The second-order valence-electron chi connectivity index (χ2n) is 10.6. The number of carbonyl (C=O) groups excluding carboxylic acids is 1. The normalized spacial score (nSPS) is 17.5. The van der Waals surface area contributed by atoms with Crippen molar-refractivity contribution in [3.63, 3.8) is 0 Å². The van der Waals surface area contributed by atoms with Crippen LogP contribution in [0.1, 0.15) is 39.4 Å². The minimum absolute atomic E-state index is 0.344. The third-order valence-corrected chi connectivity index (χ3v) is 7.97. The molecule has 0 spiro atoms. The van der Waals surface area contributed by atoms with Gasteiger partial charge in [-0.05, 0) is 55.0 Å². The zero-order valence-electron chi connectivity index (χ0n) is 21.5. The molecule has 1 fully saturated rings. The SMILES string of the molecule is Cn1c(C(=O)N2CC(F)(F)C2)cc2c1CN(c1nc3c(c(Nc4ccc(-c5cn[nH]c5)cc4)n1)CCC3)CC2. The number of amides is 1. The number of aryl methyl sites for hydroxylation is 1. The number of aromatic nitrogens is 5. The smallest absolute Gasteiger partial charge is 0.282 e. The molecule has 11 heteroatoms. The number of rotatable bonds is 5. The number of benzene rings is 1. The quantitative estimate of drug-likeness (QED) is 0.404. The summed E-state index contributed by atoms with van der Waals surface area (Å²) in [5.41, 5.74) is 7.81. The van der Waals surface area contributed by atoms with Gasteiger partial charge in [0, 0.05) is 42.3 Å². The molecule has 1 aromatic carbocycles. The molecule has 9 nitrogen and oxygen atoms in total. The summed E-state index contributed by atoms with van der Waals surface area (Å²) in [4.78, 5) is 26.1. The maximum Gasteiger partial charge on any atom is 0.282 e. The van der Waals surface area contributed by atoms with Gasteiger partial charge in [-0.3, -0.25) is 9.89 Å². The first kappa shape index (κ1) is 23.8. The van der Waals surface area contributed by atoms with E-state index in [4.69, 9.17) is 9.97 Å². The van der Waals surface area contributed by atoms with Gasteiger partial charge in [-0.25, -0.2) is 13.8 Å². The lowest BCUT2D eigenvalue weighted by molar-refractivity contribution is -0.113. The monoisotopic (exact) mass is 530 g/mol. The number of aromatic amines is 1. The molecular weight excluding hydrogens is 502 g/mol. The van der Waals surface area contributed by atoms with Gasteiger partial charge in [0.25, 0.3) is 11.8 Å². The van der Waals surface area contributed by atoms with Gasteiger partial charge in [0.15, 0.2) is 0 Å². The Balaban J connectivity index is 1.13. The first-order valence-electron chi connectivity index (χ1n) is 13.2. The number of anilines is 3. The number of likely N-dealkylation sites (tertiary alicyclic amines) is 1. The Labute approximate surface area is 223 Å². The van der Waals surface area contributed by atoms with E-state index in [9.17, 15) is 13.6 Å². The minimum Gasteiger partial charge on any atom is -0.342 e. The molecule has 1 saturated heterocycles. The third-order valence-electron chi connectivity index (χ3n) is 7.97. The number of halogens is 2. The highest BCUT2D eigenvalue weighted by Gasteiger charge is 2.47. The Morgan fingerprint density at radius 2 is 1.90 bits per heavy atom. The van der Waals surface area contributed by atoms with E-state index in [0.29, 0.717) is 24.7 Å². The number of alkyl halides is 2. The highest BCUT2D eigenvalue weighted by Crippen LogP contribution is 2.34. The lowest BCUT2D eigenvalue weighted by Crippen LogP contribution is -2.58. The Morgan fingerprint density at radius 1 is 1.08 bits per heavy atom. The van der Waals surface area contributed by atoms with Crippen LogP contribution in [-0.4, -0.2) is 61.1 Å². The summed E-state index contributed by atoms with van der Waals surface area (Å²) in [7, 11) is 1.83. The Bertz CT molecular complexity index is 1550. The summed E-state index contributed by atoms with van der Waals surface area (Å²) in [5.74, 6) is -1.63. The van der Waals surface area contributed by atoms with Gasteiger partial charge < -0.3 is 19.7 Å². The topological polar surface area (TPSA) is 95.0 Å². The van der Waals surface area contributed by atoms with E-state index < -0.39 is 19.0 Å². The van der Waals surface area contributed by atoms with Crippen molar-refractivity contribution in [2.45, 2.75) is 38.2 Å². The van der Waals surface area contributed by atoms with Crippen molar-refractivity contribution in [3.05, 3.63) is 70.9 Å². The number of hydrogen-bond donors (Lipinski definition) is 2. The number of nitrogens with one attached hydrogen (secondary N) is 2. The highest BCUT2D eigenvalue weighted by atomic mass is 19.3. The van der Waals surface area contributed by atoms with Crippen LogP contribution in [0.15, 0.2) is 42.7 Å². The second-order valence-corrected chi connectivity index (χ2v) is 10.6. The molecule has 39 heavy (non-hydrogen) atoms. The molecule has 2 N–H and O–H groups in total. The van der Waals surface area contributed by atoms with Crippen LogP contribution in [-0.2, 0) is 32.9 Å². The van der Waals surface area contributed by atoms with E-state index in [-0.39, 0.29) is 5.91 Å². The predicted octanol–water partition coefficient (Wildman–Crippen LogP) is 4.09. The van der Waals surface area contributed by atoms with Crippen LogP contribution in [0, 0.1) is 0 Å². The van der Waals surface area contributed by atoms with Crippen molar-refractivity contribution in [3.8, 4) is 11.1 Å². The molecule has 3 aromatic heterocycles. The number of nitrogens with zero attached hydrogens (tertiary/aromatic N) is 6. The van der Waals surface area contributed by atoms with Crippen molar-refractivity contribution in [2.24, 2.45) is 7.05 Å². The van der Waals surface area contributed by atoms with Crippen LogP contribution in [0.3, 0.4) is 0 Å². The highest BCUT2D eigenvalue weighted by molar-refractivity contribution is 5.94. The van der Waals surface area contributed by atoms with Crippen LogP contribution in [0.5, 0.6) is 0 Å². The molecule has 1 amide bonds. The standard InChI is InChI=1S/C28H28F2N8O/c1-36-23(26(39)38-15-28(29,30)16-38)11-18-9-10-37(14-24(18)36)27-34-22-4-2-3-21(22)25(35-27)33-20-7-5-17(6-8-20)19-12-31-32-13-19/h5-8,11-13H,2-4,9-10,14-16H2,1H3,(H,31,32)(H,33,34,35). The summed E-state index contributed by atoms with van der Waals surface area (Å²) in [6.07, 6.45) is 7.29. The molecule has 7 rings (SSSR count). The van der Waals surface area contributed by atoms with Crippen LogP contribution in [0.2, 0.25) is 0 Å². The first-order chi connectivity index (χ1) is 18.8. The van der Waals surface area contributed by atoms with Crippen LogP contribution in [0.4, 0.5) is 26.2 Å². The fourth-order valence-corrected chi connectivity index (χ4v) is 5.79. The molecule has 200 valence electrons. The molecule has 5 heterocycles. The summed E-state index contributed by atoms with van der Waals surface area (Å²) >= 11 is 0. The van der Waals surface area contributed by atoms with Crippen molar-refractivity contribution in [1.29, 1.82) is 0 Å². The molecule has 0 unspecified atom stereocenters. The van der Waals surface area contributed by atoms with Crippen molar-refractivity contribution in [1.82, 2.24) is 29.6 Å². The summed E-state index contributed by atoms with van der Waals surface area (Å²) in [6, 6.07) is 10.0. The molecule has 3 aliphatic rings. The second kappa shape index (κ2) is 8.89. The zero-order chi connectivity index (χ0) is 26.7. The van der Waals surface area contributed by atoms with Gasteiger partial charge in [0.05, 0.1) is 31.5 Å². The van der Waals surface area contributed by atoms with Crippen LogP contribution >= 0.6 is 0 Å². The third kappa shape index (κ3) is 4.21. The fraction of sp³-hybridized carbons (Fsp3) is 0.357. The summed E-state index contributed by atoms with van der Waals surface area (Å²) < 4.78 is 28.5. The lowest BCUT2D eigenvalue weighted by atomic mass is 10.1. The number of hydrogen-bond acceptors (Lipinski definition) is 6. The van der Waals surface area contributed by atoms with E-state index in [1.54, 1.807) is 6.20 Å². The molecule has 2 aliphatic heterocycles. The van der Waals surface area contributed by atoms with Gasteiger partial charge in [-0.15, -0.1) is 0 Å². The van der Waals surface area contributed by atoms with Gasteiger partial charge in [-0.2, -0.15) is 10.1 Å². The minimum atomic E-state index is -2.78. The van der Waals surface area contributed by atoms with E-state index in [1.807, 2.05) is 36.0 Å². The average molecular weight is 531 g/mol. The van der Waals surface area contributed by atoms with Gasteiger partial charge in [0.1, 0.15) is 11.5 Å². The largest absolute Gasteiger partial charge is 0.342 e. The average Bonchev–Trinajstić information content (AvgIpc) is 3.68. The Hall–Kier alpha value is -4.28. The first-order valence-corrected chi connectivity index (χ1v) is 13.2. The maximum absolute atomic E-state index is 13.3. The van der Waals surface area contributed by atoms with Gasteiger partial charge >= 0.3 is 0 Å². The number of carbonyl (C=O) groups is 1. The van der Waals surface area contributed by atoms with Crippen molar-refractivity contribution >= 4 is 23.4 Å². The van der Waals surface area contributed by atoms with Gasteiger partial charge in [-0.1, -0.05) is 12.1 Å². The molecule has 4 aromatic rings. The Morgan fingerprint density at radius 3 is 2.64 bits per heavy atom. The maximum atomic E-state index is 13.3. The van der Waals surface area contributed by atoms with Crippen LogP contribution < -0.4 is 10.2 Å². The van der Waals surface area contributed by atoms with Gasteiger partial charge in [0.2, 0.25) is 5.95 Å². The molecule has 0 bridgehead atoms. The fourth-order valence-electron chi connectivity index (χ4n) is 5.79. The predicted molar refractivity (Wildman–Crippen MR) is 142 cm³/mol. The molecule has 0 atom stereocenters. The molecule has 1 aliphatic carbocycles.